The van der Waals surface area contributed by atoms with Gasteiger partial charge in [0.15, 0.2) is 0 Å². The molecule has 15 heavy (non-hydrogen) atoms. The van der Waals surface area contributed by atoms with Gasteiger partial charge in [-0.1, -0.05) is 29.3 Å². The van der Waals surface area contributed by atoms with E-state index in [1.54, 1.807) is 37.2 Å². The molecule has 0 heterocycles. The Bertz CT molecular complexity index is 356. The number of guanidine groups is 1. The number of nitrogens with one attached hydrogen (secondary N) is 1. The maximum absolute atomic E-state index is 5.92. The Morgan fingerprint density at radius 3 is 2.33 bits per heavy atom. The van der Waals surface area contributed by atoms with E-state index in [0.29, 0.717) is 21.7 Å². The Morgan fingerprint density at radius 2 is 1.87 bits per heavy atom. The van der Waals surface area contributed by atoms with E-state index in [0.717, 1.165) is 0 Å². The first kappa shape index (κ1) is 11.9. The highest BCUT2D eigenvalue weighted by molar-refractivity contribution is 6.39. The van der Waals surface area contributed by atoms with Gasteiger partial charge in [-0.3, -0.25) is 5.43 Å². The van der Waals surface area contributed by atoms with Crippen molar-refractivity contribution >= 4 is 34.8 Å². The molecule has 0 radical (unpaired) electrons. The average molecular weight is 247 g/mol. The highest BCUT2D eigenvalue weighted by Gasteiger charge is 2.04. The van der Waals surface area contributed by atoms with Crippen LogP contribution in [0.2, 0.25) is 10.0 Å². The molecule has 0 aliphatic rings. The summed E-state index contributed by atoms with van der Waals surface area (Å²) in [5, 5.41) is 4.91. The Kier molecular flexibility index (Phi) is 4.05. The van der Waals surface area contributed by atoms with Crippen LogP contribution in [0.5, 0.6) is 0 Å². The van der Waals surface area contributed by atoms with E-state index >= 15 is 0 Å². The number of hydrogen-bond acceptors (Lipinski definition) is 2. The summed E-state index contributed by atoms with van der Waals surface area (Å²) in [5.41, 5.74) is 8.86. The van der Waals surface area contributed by atoms with Crippen molar-refractivity contribution in [1.82, 2.24) is 4.90 Å². The van der Waals surface area contributed by atoms with Gasteiger partial charge in [-0.2, -0.15) is 0 Å². The van der Waals surface area contributed by atoms with Gasteiger partial charge >= 0.3 is 0 Å². The molecular weight excluding hydrogens is 235 g/mol. The van der Waals surface area contributed by atoms with Gasteiger partial charge < -0.3 is 10.6 Å². The van der Waals surface area contributed by atoms with Crippen LogP contribution in [0, 0.1) is 0 Å². The molecule has 0 spiro atoms. The van der Waals surface area contributed by atoms with Crippen LogP contribution in [0.15, 0.2) is 23.3 Å². The van der Waals surface area contributed by atoms with Gasteiger partial charge in [-0.05, 0) is 12.1 Å². The Balaban J connectivity index is 2.86. The first-order chi connectivity index (χ1) is 7.02. The molecule has 0 amide bonds. The molecule has 82 valence electrons. The van der Waals surface area contributed by atoms with E-state index in [1.165, 1.54) is 0 Å². The number of halogens is 2. The van der Waals surface area contributed by atoms with Gasteiger partial charge in [0, 0.05) is 14.1 Å². The summed E-state index contributed by atoms with van der Waals surface area (Å²) >= 11 is 11.8. The zero-order valence-electron chi connectivity index (χ0n) is 8.46. The first-order valence-electron chi connectivity index (χ1n) is 4.23. The van der Waals surface area contributed by atoms with Gasteiger partial charge in [-0.15, -0.1) is 5.10 Å². The summed E-state index contributed by atoms with van der Waals surface area (Å²) in [7, 11) is 3.57. The number of para-hydroxylation sites is 1. The normalized spacial score (nSPS) is 11.3. The quantitative estimate of drug-likeness (QED) is 0.478. The molecule has 0 atom stereocenters. The maximum atomic E-state index is 5.92. The number of anilines is 1. The smallest absolute Gasteiger partial charge is 0.213 e. The largest absolute Gasteiger partial charge is 0.368 e. The molecule has 0 aliphatic carbocycles. The van der Waals surface area contributed by atoms with Crippen molar-refractivity contribution in [1.29, 1.82) is 0 Å². The number of hydrogen-bond donors (Lipinski definition) is 2. The minimum atomic E-state index is 0.339. The van der Waals surface area contributed by atoms with E-state index in [-0.39, 0.29) is 0 Å². The van der Waals surface area contributed by atoms with Crippen LogP contribution >= 0.6 is 23.2 Å². The lowest BCUT2D eigenvalue weighted by Crippen LogP contribution is -2.31. The lowest BCUT2D eigenvalue weighted by molar-refractivity contribution is 0.613. The molecular formula is C9H12Cl2N4. The summed E-state index contributed by atoms with van der Waals surface area (Å²) in [5.74, 6) is 0.339. The summed E-state index contributed by atoms with van der Waals surface area (Å²) < 4.78 is 0. The third kappa shape index (κ3) is 3.18. The molecule has 3 N–H and O–H groups in total. The SMILES string of the molecule is CN(C)/C(N)=N\Nc1c(Cl)cccc1Cl. The molecule has 0 fully saturated rings. The van der Waals surface area contributed by atoms with Crippen LogP contribution in [0.1, 0.15) is 0 Å². The summed E-state index contributed by atoms with van der Waals surface area (Å²) in [4.78, 5) is 1.66. The maximum Gasteiger partial charge on any atom is 0.213 e. The second-order valence-electron chi connectivity index (χ2n) is 3.07. The molecule has 0 bridgehead atoms. The molecule has 0 unspecified atom stereocenters. The van der Waals surface area contributed by atoms with Crippen molar-refractivity contribution in [2.75, 3.05) is 19.5 Å². The van der Waals surface area contributed by atoms with Gasteiger partial charge in [-0.25, -0.2) is 0 Å². The van der Waals surface area contributed by atoms with Gasteiger partial charge in [0.2, 0.25) is 5.96 Å². The van der Waals surface area contributed by atoms with E-state index in [2.05, 4.69) is 10.5 Å². The Hall–Kier alpha value is -1.13. The zero-order chi connectivity index (χ0) is 11.4. The van der Waals surface area contributed by atoms with E-state index in [9.17, 15) is 0 Å². The highest BCUT2D eigenvalue weighted by Crippen LogP contribution is 2.29. The number of benzene rings is 1. The summed E-state index contributed by atoms with van der Waals surface area (Å²) in [6, 6.07) is 5.20. The third-order valence-corrected chi connectivity index (χ3v) is 2.33. The van der Waals surface area contributed by atoms with Gasteiger partial charge in [0.25, 0.3) is 0 Å². The lowest BCUT2D eigenvalue weighted by atomic mass is 10.3. The average Bonchev–Trinajstić information content (AvgIpc) is 2.16. The van der Waals surface area contributed by atoms with E-state index in [1.807, 2.05) is 0 Å². The molecule has 0 aromatic heterocycles. The van der Waals surface area contributed by atoms with Gasteiger partial charge in [0.05, 0.1) is 15.7 Å². The summed E-state index contributed by atoms with van der Waals surface area (Å²) in [6.07, 6.45) is 0. The first-order valence-corrected chi connectivity index (χ1v) is 4.98. The van der Waals surface area contributed by atoms with Crippen molar-refractivity contribution in [3.63, 3.8) is 0 Å². The van der Waals surface area contributed by atoms with Crippen molar-refractivity contribution in [3.8, 4) is 0 Å². The monoisotopic (exact) mass is 246 g/mol. The molecule has 6 heteroatoms. The number of nitrogens with two attached hydrogens (primary N) is 1. The lowest BCUT2D eigenvalue weighted by Gasteiger charge is -2.11. The second kappa shape index (κ2) is 5.09. The fourth-order valence-corrected chi connectivity index (χ4v) is 1.30. The summed E-state index contributed by atoms with van der Waals surface area (Å²) in [6.45, 7) is 0. The number of rotatable bonds is 2. The zero-order valence-corrected chi connectivity index (χ0v) is 9.97. The standard InChI is InChI=1S/C9H12Cl2N4/c1-15(2)9(12)14-13-8-6(10)4-3-5-7(8)11/h3-5,13H,1-2H3,(H2,12,14). The van der Waals surface area contributed by atoms with Crippen molar-refractivity contribution in [2.24, 2.45) is 10.8 Å². The minimum Gasteiger partial charge on any atom is -0.368 e. The van der Waals surface area contributed by atoms with Crippen LogP contribution in [-0.4, -0.2) is 25.0 Å². The molecule has 1 aromatic rings. The molecule has 0 aliphatic heterocycles. The van der Waals surface area contributed by atoms with Crippen LogP contribution in [0.3, 0.4) is 0 Å². The second-order valence-corrected chi connectivity index (χ2v) is 3.89. The third-order valence-electron chi connectivity index (χ3n) is 1.70. The topological polar surface area (TPSA) is 53.6 Å². The van der Waals surface area contributed by atoms with Gasteiger partial charge in [0.1, 0.15) is 0 Å². The van der Waals surface area contributed by atoms with E-state index < -0.39 is 0 Å². The van der Waals surface area contributed by atoms with Crippen LogP contribution in [0.4, 0.5) is 5.69 Å². The number of hydrazone groups is 1. The van der Waals surface area contributed by atoms with Crippen LogP contribution < -0.4 is 11.2 Å². The molecule has 0 saturated heterocycles. The highest BCUT2D eigenvalue weighted by atomic mass is 35.5. The van der Waals surface area contributed by atoms with Crippen molar-refractivity contribution < 1.29 is 0 Å². The van der Waals surface area contributed by atoms with Crippen molar-refractivity contribution in [3.05, 3.63) is 28.2 Å². The number of nitrogens with zero attached hydrogens (tertiary/aromatic N) is 2. The predicted molar refractivity (Wildman–Crippen MR) is 65.4 cm³/mol. The fourth-order valence-electron chi connectivity index (χ4n) is 0.818. The molecule has 1 rings (SSSR count). The van der Waals surface area contributed by atoms with Crippen LogP contribution in [-0.2, 0) is 0 Å². The molecule has 1 aromatic carbocycles. The minimum absolute atomic E-state index is 0.339. The van der Waals surface area contributed by atoms with Crippen LogP contribution in [0.25, 0.3) is 0 Å². The van der Waals surface area contributed by atoms with E-state index in [4.69, 9.17) is 28.9 Å². The Labute approximate surface area is 98.6 Å². The molecule has 0 saturated carbocycles. The van der Waals surface area contributed by atoms with Crippen molar-refractivity contribution in [2.45, 2.75) is 0 Å². The predicted octanol–water partition coefficient (Wildman–Crippen LogP) is 2.20. The fraction of sp³-hybridized carbons (Fsp3) is 0.222. The Morgan fingerprint density at radius 1 is 1.33 bits per heavy atom. The molecule has 4 nitrogen and oxygen atoms in total.